The van der Waals surface area contributed by atoms with Crippen LogP contribution in [0.15, 0.2) is 0 Å². The lowest BCUT2D eigenvalue weighted by Gasteiger charge is -2.34. The van der Waals surface area contributed by atoms with Crippen LogP contribution < -0.4 is 22.9 Å². The van der Waals surface area contributed by atoms with Crippen LogP contribution in [-0.4, -0.2) is 146 Å². The molecule has 0 radical (unpaired) electrons. The van der Waals surface area contributed by atoms with Crippen molar-refractivity contribution < 1.29 is 29.4 Å². The van der Waals surface area contributed by atoms with Gasteiger partial charge in [-0.25, -0.2) is 0 Å². The zero-order valence-electron chi connectivity index (χ0n) is 21.9. The molecule has 0 atom stereocenters. The predicted molar refractivity (Wildman–Crippen MR) is 137 cm³/mol. The molecular formula is C22H48N8O6. The van der Waals surface area contributed by atoms with E-state index in [0.717, 1.165) is 14.2 Å². The summed E-state index contributed by atoms with van der Waals surface area (Å²) in [6.45, 7) is 7.84. The van der Waals surface area contributed by atoms with Gasteiger partial charge in [0.25, 0.3) is 0 Å². The van der Waals surface area contributed by atoms with Gasteiger partial charge in [0.15, 0.2) is 0 Å². The Morgan fingerprint density at radius 2 is 0.583 bits per heavy atom. The molecule has 1 fully saturated rings. The highest BCUT2D eigenvalue weighted by Gasteiger charge is 2.18. The highest BCUT2D eigenvalue weighted by Crippen LogP contribution is 2.04. The van der Waals surface area contributed by atoms with Gasteiger partial charge in [-0.2, -0.15) is 0 Å². The number of aliphatic hydroxyl groups excluding tert-OH is 2. The number of primary amides is 4. The second kappa shape index (κ2) is 23.1. The molecule has 14 nitrogen and oxygen atoms in total. The molecule has 0 aromatic rings. The van der Waals surface area contributed by atoms with Crippen LogP contribution in [0, 0.1) is 0 Å². The Morgan fingerprint density at radius 1 is 0.444 bits per heavy atom. The lowest BCUT2D eigenvalue weighted by atomic mass is 10.2. The van der Waals surface area contributed by atoms with E-state index in [4.69, 9.17) is 33.1 Å². The summed E-state index contributed by atoms with van der Waals surface area (Å²) >= 11 is 0. The number of aliphatic hydroxyl groups is 2. The van der Waals surface area contributed by atoms with Gasteiger partial charge in [-0.3, -0.25) is 19.2 Å². The molecule has 1 aliphatic heterocycles. The molecule has 0 saturated carbocycles. The van der Waals surface area contributed by atoms with Crippen LogP contribution in [0.1, 0.15) is 25.7 Å². The maximum Gasteiger partial charge on any atom is 0.218 e. The van der Waals surface area contributed by atoms with Gasteiger partial charge < -0.3 is 52.7 Å². The lowest BCUT2D eigenvalue weighted by Crippen LogP contribution is -2.47. The third-order valence-corrected chi connectivity index (χ3v) is 5.63. The largest absolute Gasteiger partial charge is 0.400 e. The lowest BCUT2D eigenvalue weighted by molar-refractivity contribution is -0.119. The summed E-state index contributed by atoms with van der Waals surface area (Å²) in [5.74, 6) is -1.40. The first-order valence-electron chi connectivity index (χ1n) is 12.1. The molecule has 0 aromatic heterocycles. The summed E-state index contributed by atoms with van der Waals surface area (Å²) in [4.78, 5) is 53.8. The van der Waals surface area contributed by atoms with Crippen molar-refractivity contribution in [1.29, 1.82) is 0 Å². The summed E-state index contributed by atoms with van der Waals surface area (Å²) in [5.41, 5.74) is 21.3. The predicted octanol–water partition coefficient (Wildman–Crippen LogP) is -4.07. The topological polar surface area (TPSA) is 226 Å². The van der Waals surface area contributed by atoms with Gasteiger partial charge in [0.1, 0.15) is 0 Å². The minimum Gasteiger partial charge on any atom is -0.400 e. The van der Waals surface area contributed by atoms with Gasteiger partial charge in [0, 0.05) is 118 Å². The molecule has 0 spiro atoms. The fourth-order valence-electron chi connectivity index (χ4n) is 3.55. The number of hydrogen-bond acceptors (Lipinski definition) is 10. The van der Waals surface area contributed by atoms with Crippen LogP contribution in [0.2, 0.25) is 0 Å². The normalized spacial score (nSPS) is 16.8. The van der Waals surface area contributed by atoms with E-state index < -0.39 is 0 Å². The van der Waals surface area contributed by atoms with E-state index in [1.54, 1.807) is 0 Å². The SMILES string of the molecule is CO.CO.NC(=O)CCN1CCN(CCC(N)=O)CCN(CCC(N)=O)CCN(CCC(N)=O)CC1. The van der Waals surface area contributed by atoms with Crippen LogP contribution in [0.4, 0.5) is 0 Å². The standard InChI is InChI=1S/C20H40N8O4.2CH4O/c21-17(29)1-5-25-9-11-26(6-2-18(22)30)13-15-28(8-4-20(24)32)16-14-27(12-10-25)7-3-19(23)31;2*1-2/h1-16H2,(H2,21,29)(H2,22,30)(H2,23,31)(H2,24,32);2*2H,1H3. The smallest absolute Gasteiger partial charge is 0.218 e. The molecule has 1 saturated heterocycles. The number of nitrogens with two attached hydrogens (primary N) is 4. The molecule has 4 amide bonds. The van der Waals surface area contributed by atoms with Crippen molar-refractivity contribution in [3.8, 4) is 0 Å². The van der Waals surface area contributed by atoms with Crippen LogP contribution in [0.25, 0.3) is 0 Å². The Kier molecular flexibility index (Phi) is 22.9. The Balaban J connectivity index is 0. The molecule has 14 heteroatoms. The quantitative estimate of drug-likeness (QED) is 0.146. The zero-order chi connectivity index (χ0) is 27.9. The molecule has 1 rings (SSSR count). The van der Waals surface area contributed by atoms with Crippen molar-refractivity contribution in [3.63, 3.8) is 0 Å². The molecule has 1 heterocycles. The second-order valence-corrected chi connectivity index (χ2v) is 8.23. The van der Waals surface area contributed by atoms with Crippen LogP contribution in [0.3, 0.4) is 0 Å². The van der Waals surface area contributed by atoms with Crippen LogP contribution >= 0.6 is 0 Å². The molecule has 0 bridgehead atoms. The molecule has 212 valence electrons. The van der Waals surface area contributed by atoms with E-state index in [-0.39, 0.29) is 49.3 Å². The molecule has 1 aliphatic rings. The van der Waals surface area contributed by atoms with Crippen molar-refractivity contribution >= 4 is 23.6 Å². The summed E-state index contributed by atoms with van der Waals surface area (Å²) in [6.07, 6.45) is 1.07. The number of amides is 4. The number of rotatable bonds is 12. The van der Waals surface area contributed by atoms with Crippen LogP contribution in [-0.2, 0) is 19.2 Å². The maximum absolute atomic E-state index is 11.3. The molecule has 10 N–H and O–H groups in total. The van der Waals surface area contributed by atoms with E-state index in [0.29, 0.717) is 78.5 Å². The fraction of sp³-hybridized carbons (Fsp3) is 0.818. The van der Waals surface area contributed by atoms with Gasteiger partial charge in [0.05, 0.1) is 0 Å². The Bertz CT molecular complexity index is 505. The molecule has 36 heavy (non-hydrogen) atoms. The Morgan fingerprint density at radius 3 is 0.694 bits per heavy atom. The van der Waals surface area contributed by atoms with Crippen molar-refractivity contribution in [1.82, 2.24) is 19.6 Å². The average Bonchev–Trinajstić information content (AvgIpc) is 2.84. The van der Waals surface area contributed by atoms with Gasteiger partial charge in [0.2, 0.25) is 23.6 Å². The Labute approximate surface area is 214 Å². The number of carbonyl (C=O) groups excluding carboxylic acids is 4. The number of carbonyl (C=O) groups is 4. The first-order valence-corrected chi connectivity index (χ1v) is 12.1. The Hall–Kier alpha value is -2.36. The van der Waals surface area contributed by atoms with Crippen molar-refractivity contribution in [2.24, 2.45) is 22.9 Å². The molecule has 0 aliphatic carbocycles. The highest BCUT2D eigenvalue weighted by molar-refractivity contribution is 5.74. The summed E-state index contributed by atoms with van der Waals surface area (Å²) in [7, 11) is 2.00. The summed E-state index contributed by atoms with van der Waals surface area (Å²) in [6, 6.07) is 0. The van der Waals surface area contributed by atoms with E-state index in [1.165, 1.54) is 0 Å². The summed E-state index contributed by atoms with van der Waals surface area (Å²) < 4.78 is 0. The maximum atomic E-state index is 11.3. The van der Waals surface area contributed by atoms with Crippen molar-refractivity contribution in [2.45, 2.75) is 25.7 Å². The first-order chi connectivity index (χ1) is 17.2. The van der Waals surface area contributed by atoms with E-state index in [2.05, 4.69) is 19.6 Å². The molecule has 0 aromatic carbocycles. The van der Waals surface area contributed by atoms with Crippen LogP contribution in [0.5, 0.6) is 0 Å². The van der Waals surface area contributed by atoms with E-state index >= 15 is 0 Å². The highest BCUT2D eigenvalue weighted by atomic mass is 16.2. The fourth-order valence-corrected chi connectivity index (χ4v) is 3.55. The van der Waals surface area contributed by atoms with Gasteiger partial charge in [-0.1, -0.05) is 0 Å². The number of hydrogen-bond donors (Lipinski definition) is 6. The van der Waals surface area contributed by atoms with Gasteiger partial charge >= 0.3 is 0 Å². The van der Waals surface area contributed by atoms with Crippen molar-refractivity contribution in [3.05, 3.63) is 0 Å². The number of nitrogens with zero attached hydrogens (tertiary/aromatic N) is 4. The summed E-state index contributed by atoms with van der Waals surface area (Å²) in [5, 5.41) is 14.0. The third-order valence-electron chi connectivity index (χ3n) is 5.63. The third kappa shape index (κ3) is 21.0. The van der Waals surface area contributed by atoms with E-state index in [1.807, 2.05) is 0 Å². The van der Waals surface area contributed by atoms with Crippen molar-refractivity contribution in [2.75, 3.05) is 92.8 Å². The monoisotopic (exact) mass is 520 g/mol. The second-order valence-electron chi connectivity index (χ2n) is 8.23. The minimum atomic E-state index is -0.350. The zero-order valence-corrected chi connectivity index (χ0v) is 21.9. The molecule has 0 unspecified atom stereocenters. The average molecular weight is 521 g/mol. The first kappa shape index (κ1) is 35.8. The molecular weight excluding hydrogens is 472 g/mol. The van der Waals surface area contributed by atoms with E-state index in [9.17, 15) is 19.2 Å². The van der Waals surface area contributed by atoms with Gasteiger partial charge in [-0.15, -0.1) is 0 Å². The minimum absolute atomic E-state index is 0.267. The van der Waals surface area contributed by atoms with Gasteiger partial charge in [-0.05, 0) is 0 Å².